The second-order valence-corrected chi connectivity index (χ2v) is 4.17. The molecule has 0 amide bonds. The molecule has 1 aromatic heterocycles. The van der Waals surface area contributed by atoms with Crippen LogP contribution in [0.25, 0.3) is 0 Å². The molecule has 1 N–H and O–H groups in total. The van der Waals surface area contributed by atoms with E-state index in [0.29, 0.717) is 17.4 Å². The van der Waals surface area contributed by atoms with E-state index in [1.807, 2.05) is 6.92 Å². The molecule has 82 valence electrons. The maximum absolute atomic E-state index is 10.7. The van der Waals surface area contributed by atoms with Crippen molar-refractivity contribution in [3.05, 3.63) is 18.3 Å². The molecule has 1 aromatic rings. The zero-order chi connectivity index (χ0) is 11.3. The van der Waals surface area contributed by atoms with Gasteiger partial charge in [0.15, 0.2) is 5.75 Å². The SMILES string of the molecule is CCOc1cccnc1SC(C)C(=O)O. The molecular formula is C10H13NO3S. The molecule has 1 unspecified atom stereocenters. The number of ether oxygens (including phenoxy) is 1. The van der Waals surface area contributed by atoms with Crippen LogP contribution in [0.1, 0.15) is 13.8 Å². The first-order chi connectivity index (χ1) is 7.15. The van der Waals surface area contributed by atoms with Crippen LogP contribution in [-0.2, 0) is 4.79 Å². The van der Waals surface area contributed by atoms with Crippen molar-refractivity contribution in [2.24, 2.45) is 0 Å². The third kappa shape index (κ3) is 3.43. The Labute approximate surface area is 92.7 Å². The third-order valence-corrected chi connectivity index (χ3v) is 2.76. The highest BCUT2D eigenvalue weighted by molar-refractivity contribution is 8.00. The van der Waals surface area contributed by atoms with Gasteiger partial charge in [-0.25, -0.2) is 4.98 Å². The zero-order valence-corrected chi connectivity index (χ0v) is 9.45. The maximum atomic E-state index is 10.7. The van der Waals surface area contributed by atoms with Crippen molar-refractivity contribution in [2.75, 3.05) is 6.61 Å². The normalized spacial score (nSPS) is 12.1. The summed E-state index contributed by atoms with van der Waals surface area (Å²) < 4.78 is 5.34. The lowest BCUT2D eigenvalue weighted by atomic mass is 10.5. The number of nitrogens with zero attached hydrogens (tertiary/aromatic N) is 1. The third-order valence-electron chi connectivity index (χ3n) is 1.67. The van der Waals surface area contributed by atoms with E-state index < -0.39 is 11.2 Å². The maximum Gasteiger partial charge on any atom is 0.316 e. The molecule has 0 saturated heterocycles. The van der Waals surface area contributed by atoms with Crippen molar-refractivity contribution < 1.29 is 14.6 Å². The topological polar surface area (TPSA) is 59.4 Å². The second-order valence-electron chi connectivity index (χ2n) is 2.84. The fourth-order valence-corrected chi connectivity index (χ4v) is 1.75. The number of aromatic nitrogens is 1. The zero-order valence-electron chi connectivity index (χ0n) is 8.64. The van der Waals surface area contributed by atoms with E-state index in [4.69, 9.17) is 9.84 Å². The summed E-state index contributed by atoms with van der Waals surface area (Å²) in [6, 6.07) is 3.55. The van der Waals surface area contributed by atoms with E-state index in [1.54, 1.807) is 25.3 Å². The number of hydrogen-bond acceptors (Lipinski definition) is 4. The van der Waals surface area contributed by atoms with Crippen LogP contribution < -0.4 is 4.74 Å². The molecule has 1 atom stereocenters. The Kier molecular flexibility index (Phi) is 4.42. The van der Waals surface area contributed by atoms with Crippen LogP contribution in [0.3, 0.4) is 0 Å². The molecule has 0 spiro atoms. The summed E-state index contributed by atoms with van der Waals surface area (Å²) in [6.45, 7) is 4.04. The number of aliphatic carboxylic acids is 1. The fraction of sp³-hybridized carbons (Fsp3) is 0.400. The van der Waals surface area contributed by atoms with Gasteiger partial charge in [0.25, 0.3) is 0 Å². The first-order valence-electron chi connectivity index (χ1n) is 4.62. The number of thioether (sulfide) groups is 1. The molecule has 0 bridgehead atoms. The second kappa shape index (κ2) is 5.60. The van der Waals surface area contributed by atoms with Crippen molar-refractivity contribution in [2.45, 2.75) is 24.1 Å². The first-order valence-corrected chi connectivity index (χ1v) is 5.50. The molecule has 0 saturated carbocycles. The lowest BCUT2D eigenvalue weighted by Crippen LogP contribution is -2.11. The van der Waals surface area contributed by atoms with Crippen LogP contribution in [-0.4, -0.2) is 27.9 Å². The molecule has 0 fully saturated rings. The number of carboxylic acids is 1. The molecule has 1 heterocycles. The van der Waals surface area contributed by atoms with E-state index in [9.17, 15) is 4.79 Å². The Morgan fingerprint density at radius 3 is 3.07 bits per heavy atom. The molecule has 0 radical (unpaired) electrons. The number of rotatable bonds is 5. The standard InChI is InChI=1S/C10H13NO3S/c1-3-14-8-5-4-6-11-9(8)15-7(2)10(12)13/h4-7H,3H2,1-2H3,(H,12,13). The highest BCUT2D eigenvalue weighted by atomic mass is 32.2. The van der Waals surface area contributed by atoms with Crippen molar-refractivity contribution in [1.82, 2.24) is 4.98 Å². The molecule has 1 rings (SSSR count). The highest BCUT2D eigenvalue weighted by Crippen LogP contribution is 2.29. The van der Waals surface area contributed by atoms with Gasteiger partial charge in [-0.05, 0) is 26.0 Å². The Morgan fingerprint density at radius 2 is 2.47 bits per heavy atom. The van der Waals surface area contributed by atoms with E-state index in [1.165, 1.54) is 11.8 Å². The minimum Gasteiger partial charge on any atom is -0.491 e. The van der Waals surface area contributed by atoms with Gasteiger partial charge < -0.3 is 9.84 Å². The highest BCUT2D eigenvalue weighted by Gasteiger charge is 2.15. The number of carboxylic acid groups (broad SMARTS) is 1. The van der Waals surface area contributed by atoms with Crippen LogP contribution in [0.4, 0.5) is 0 Å². The Morgan fingerprint density at radius 1 is 1.73 bits per heavy atom. The van der Waals surface area contributed by atoms with Gasteiger partial charge in [-0.1, -0.05) is 11.8 Å². The van der Waals surface area contributed by atoms with Gasteiger partial charge >= 0.3 is 5.97 Å². The van der Waals surface area contributed by atoms with Gasteiger partial charge in [0.05, 0.1) is 6.61 Å². The summed E-state index contributed by atoms with van der Waals surface area (Å²) in [7, 11) is 0. The van der Waals surface area contributed by atoms with E-state index >= 15 is 0 Å². The Hall–Kier alpha value is -1.23. The number of pyridine rings is 1. The molecule has 5 heteroatoms. The molecule has 15 heavy (non-hydrogen) atoms. The van der Waals surface area contributed by atoms with Crippen molar-refractivity contribution in [3.8, 4) is 5.75 Å². The summed E-state index contributed by atoms with van der Waals surface area (Å²) in [6.07, 6.45) is 1.62. The Bertz CT molecular complexity index is 343. The van der Waals surface area contributed by atoms with Crippen molar-refractivity contribution >= 4 is 17.7 Å². The van der Waals surface area contributed by atoms with Gasteiger partial charge in [0.1, 0.15) is 10.3 Å². The largest absolute Gasteiger partial charge is 0.491 e. The summed E-state index contributed by atoms with van der Waals surface area (Å²) in [5.41, 5.74) is 0. The van der Waals surface area contributed by atoms with E-state index in [2.05, 4.69) is 4.98 Å². The van der Waals surface area contributed by atoms with Gasteiger partial charge in [0.2, 0.25) is 0 Å². The molecular weight excluding hydrogens is 214 g/mol. The predicted octanol–water partition coefficient (Wildman–Crippen LogP) is 2.05. The van der Waals surface area contributed by atoms with Gasteiger partial charge in [-0.3, -0.25) is 4.79 Å². The predicted molar refractivity (Wildman–Crippen MR) is 58.4 cm³/mol. The van der Waals surface area contributed by atoms with Crippen LogP contribution in [0.2, 0.25) is 0 Å². The molecule has 0 aliphatic carbocycles. The van der Waals surface area contributed by atoms with Gasteiger partial charge in [0, 0.05) is 6.20 Å². The van der Waals surface area contributed by atoms with Gasteiger partial charge in [-0.2, -0.15) is 0 Å². The van der Waals surface area contributed by atoms with Crippen LogP contribution in [0.5, 0.6) is 5.75 Å². The van der Waals surface area contributed by atoms with Crippen molar-refractivity contribution in [1.29, 1.82) is 0 Å². The van der Waals surface area contributed by atoms with E-state index in [-0.39, 0.29) is 0 Å². The first kappa shape index (κ1) is 11.8. The number of hydrogen-bond donors (Lipinski definition) is 1. The lowest BCUT2D eigenvalue weighted by molar-refractivity contribution is -0.136. The smallest absolute Gasteiger partial charge is 0.316 e. The summed E-state index contributed by atoms with van der Waals surface area (Å²) in [5, 5.41) is 8.87. The summed E-state index contributed by atoms with van der Waals surface area (Å²) in [4.78, 5) is 14.8. The average molecular weight is 227 g/mol. The number of carbonyl (C=O) groups is 1. The van der Waals surface area contributed by atoms with Gasteiger partial charge in [-0.15, -0.1) is 0 Å². The minimum atomic E-state index is -0.854. The molecule has 0 aliphatic rings. The van der Waals surface area contributed by atoms with Crippen LogP contribution >= 0.6 is 11.8 Å². The molecule has 0 aromatic carbocycles. The van der Waals surface area contributed by atoms with Crippen molar-refractivity contribution in [3.63, 3.8) is 0 Å². The van der Waals surface area contributed by atoms with Crippen LogP contribution in [0.15, 0.2) is 23.4 Å². The molecule has 4 nitrogen and oxygen atoms in total. The Balaban J connectivity index is 2.79. The summed E-state index contributed by atoms with van der Waals surface area (Å²) in [5.74, 6) is -0.216. The summed E-state index contributed by atoms with van der Waals surface area (Å²) >= 11 is 1.18. The van der Waals surface area contributed by atoms with E-state index in [0.717, 1.165) is 0 Å². The van der Waals surface area contributed by atoms with Crippen LogP contribution in [0, 0.1) is 0 Å². The fourth-order valence-electron chi connectivity index (χ4n) is 0.948. The minimum absolute atomic E-state index is 0.529. The monoisotopic (exact) mass is 227 g/mol. The quantitative estimate of drug-likeness (QED) is 0.780. The average Bonchev–Trinajstić information content (AvgIpc) is 2.21. The lowest BCUT2D eigenvalue weighted by Gasteiger charge is -2.10. The molecule has 0 aliphatic heterocycles.